The van der Waals surface area contributed by atoms with Gasteiger partial charge in [0.15, 0.2) is 0 Å². The molecule has 0 aromatic heterocycles. The molecule has 12 heavy (non-hydrogen) atoms. The van der Waals surface area contributed by atoms with Gasteiger partial charge in [0.05, 0.1) is 0 Å². The summed E-state index contributed by atoms with van der Waals surface area (Å²) >= 11 is 0. The zero-order valence-corrected chi connectivity index (χ0v) is 7.50. The summed E-state index contributed by atoms with van der Waals surface area (Å²) in [6, 6.07) is -0.0133. The van der Waals surface area contributed by atoms with E-state index in [1.54, 1.807) is 0 Å². The molecule has 0 amide bonds. The van der Waals surface area contributed by atoms with Crippen LogP contribution >= 0.6 is 0 Å². The second kappa shape index (κ2) is 3.87. The summed E-state index contributed by atoms with van der Waals surface area (Å²) in [5.41, 5.74) is 0. The highest BCUT2D eigenvalue weighted by Crippen LogP contribution is 2.04. The van der Waals surface area contributed by atoms with Gasteiger partial charge in [-0.25, -0.2) is 0 Å². The molecule has 1 saturated heterocycles. The van der Waals surface area contributed by atoms with E-state index in [4.69, 9.17) is 5.11 Å². The molecule has 0 spiro atoms. The molecule has 4 heteroatoms. The van der Waals surface area contributed by atoms with Gasteiger partial charge in [0.1, 0.15) is 6.04 Å². The van der Waals surface area contributed by atoms with Crippen LogP contribution in [0.3, 0.4) is 0 Å². The molecule has 1 rings (SSSR count). The number of piperazine rings is 1. The van der Waals surface area contributed by atoms with E-state index in [-0.39, 0.29) is 0 Å². The molecule has 0 unspecified atom stereocenters. The lowest BCUT2D eigenvalue weighted by atomic mass is 10.0. The van der Waals surface area contributed by atoms with Gasteiger partial charge in [0.25, 0.3) is 0 Å². The lowest BCUT2D eigenvalue weighted by molar-refractivity contribution is -0.139. The largest absolute Gasteiger partial charge is 0.480 e. The molecular formula is C8H16N2O2. The Balaban J connectivity index is 2.34. The first-order chi connectivity index (χ1) is 5.61. The van der Waals surface area contributed by atoms with E-state index < -0.39 is 12.0 Å². The van der Waals surface area contributed by atoms with Crippen molar-refractivity contribution in [3.8, 4) is 0 Å². The molecule has 0 aromatic rings. The van der Waals surface area contributed by atoms with E-state index in [9.17, 15) is 4.79 Å². The Hall–Kier alpha value is -0.610. The van der Waals surface area contributed by atoms with Crippen molar-refractivity contribution in [3.63, 3.8) is 0 Å². The molecule has 0 aromatic carbocycles. The number of nitrogens with one attached hydrogen (secondary N) is 2. The highest BCUT2D eigenvalue weighted by molar-refractivity contribution is 5.73. The minimum absolute atomic E-state index is 0.403. The lowest BCUT2D eigenvalue weighted by Crippen LogP contribution is -2.58. The third-order valence-electron chi connectivity index (χ3n) is 2.27. The average molecular weight is 172 g/mol. The molecule has 1 aliphatic heterocycles. The summed E-state index contributed by atoms with van der Waals surface area (Å²) in [4.78, 5) is 10.5. The van der Waals surface area contributed by atoms with Crippen LogP contribution in [-0.4, -0.2) is 36.2 Å². The van der Waals surface area contributed by atoms with Gasteiger partial charge < -0.3 is 15.7 Å². The predicted octanol–water partition coefficient (Wildman–Crippen LogP) is -0.343. The Morgan fingerprint density at radius 1 is 1.42 bits per heavy atom. The Kier molecular flexibility index (Phi) is 3.05. The summed E-state index contributed by atoms with van der Waals surface area (Å²) < 4.78 is 0. The topological polar surface area (TPSA) is 61.4 Å². The van der Waals surface area contributed by atoms with Crippen molar-refractivity contribution in [2.45, 2.75) is 25.9 Å². The molecule has 4 nitrogen and oxygen atoms in total. The van der Waals surface area contributed by atoms with Crippen molar-refractivity contribution in [2.75, 3.05) is 13.1 Å². The highest BCUT2D eigenvalue weighted by atomic mass is 16.4. The maximum atomic E-state index is 10.5. The van der Waals surface area contributed by atoms with Crippen molar-refractivity contribution >= 4 is 5.97 Å². The monoisotopic (exact) mass is 172 g/mol. The Bertz CT molecular complexity index is 162. The molecule has 1 heterocycles. The molecule has 3 N–H and O–H groups in total. The number of carboxylic acids is 1. The van der Waals surface area contributed by atoms with Crippen LogP contribution in [-0.2, 0) is 4.79 Å². The van der Waals surface area contributed by atoms with Gasteiger partial charge in [-0.15, -0.1) is 0 Å². The predicted molar refractivity (Wildman–Crippen MR) is 46.1 cm³/mol. The third-order valence-corrected chi connectivity index (χ3v) is 2.27. The van der Waals surface area contributed by atoms with Crippen molar-refractivity contribution in [1.29, 1.82) is 0 Å². The maximum absolute atomic E-state index is 10.5. The number of aliphatic carboxylic acids is 1. The zero-order chi connectivity index (χ0) is 9.14. The zero-order valence-electron chi connectivity index (χ0n) is 7.50. The lowest BCUT2D eigenvalue weighted by Gasteiger charge is -2.31. The van der Waals surface area contributed by atoms with Gasteiger partial charge in [-0.3, -0.25) is 4.79 Å². The van der Waals surface area contributed by atoms with E-state index in [0.29, 0.717) is 18.5 Å². The minimum atomic E-state index is -0.773. The first-order valence-corrected chi connectivity index (χ1v) is 4.31. The van der Waals surface area contributed by atoms with Crippen LogP contribution < -0.4 is 10.6 Å². The number of rotatable bonds is 2. The quantitative estimate of drug-likeness (QED) is 0.533. The fourth-order valence-electron chi connectivity index (χ4n) is 1.33. The van der Waals surface area contributed by atoms with Crippen LogP contribution in [0.15, 0.2) is 0 Å². The molecular weight excluding hydrogens is 156 g/mol. The van der Waals surface area contributed by atoms with Gasteiger partial charge >= 0.3 is 5.97 Å². The van der Waals surface area contributed by atoms with Gasteiger partial charge in [-0.2, -0.15) is 0 Å². The van der Waals surface area contributed by atoms with E-state index in [0.717, 1.165) is 6.54 Å². The third kappa shape index (κ3) is 2.19. The standard InChI is InChI=1S/C8H16N2O2/c1-5(2)6-3-10-7(4-9-6)8(11)12/h5-7,9-10H,3-4H2,1-2H3,(H,11,12)/t6-,7-/m1/s1. The van der Waals surface area contributed by atoms with E-state index >= 15 is 0 Å². The number of carboxylic acid groups (broad SMARTS) is 1. The van der Waals surface area contributed by atoms with Crippen molar-refractivity contribution in [1.82, 2.24) is 10.6 Å². The molecule has 1 aliphatic rings. The van der Waals surface area contributed by atoms with Gasteiger partial charge in [0, 0.05) is 19.1 Å². The van der Waals surface area contributed by atoms with Crippen molar-refractivity contribution in [2.24, 2.45) is 5.92 Å². The second-order valence-electron chi connectivity index (χ2n) is 3.56. The van der Waals surface area contributed by atoms with Crippen LogP contribution in [0.25, 0.3) is 0 Å². The Morgan fingerprint density at radius 3 is 2.42 bits per heavy atom. The number of hydrogen-bond donors (Lipinski definition) is 3. The van der Waals surface area contributed by atoms with Crippen LogP contribution in [0, 0.1) is 5.92 Å². The molecule has 0 radical (unpaired) electrons. The fourth-order valence-corrected chi connectivity index (χ4v) is 1.33. The molecule has 70 valence electrons. The van der Waals surface area contributed by atoms with Gasteiger partial charge in [-0.1, -0.05) is 13.8 Å². The molecule has 0 saturated carbocycles. The smallest absolute Gasteiger partial charge is 0.322 e. The highest BCUT2D eigenvalue weighted by Gasteiger charge is 2.25. The Labute approximate surface area is 72.3 Å². The summed E-state index contributed by atoms with van der Waals surface area (Å²) in [5, 5.41) is 14.9. The normalized spacial score (nSPS) is 30.6. The fraction of sp³-hybridized carbons (Fsp3) is 0.875. The average Bonchev–Trinajstić information content (AvgIpc) is 2.04. The number of carbonyl (C=O) groups is 1. The summed E-state index contributed by atoms with van der Waals surface area (Å²) in [6.45, 7) is 5.52. The summed E-state index contributed by atoms with van der Waals surface area (Å²) in [7, 11) is 0. The molecule has 0 aliphatic carbocycles. The molecule has 2 atom stereocenters. The van der Waals surface area contributed by atoms with E-state index in [2.05, 4.69) is 24.5 Å². The maximum Gasteiger partial charge on any atom is 0.322 e. The van der Waals surface area contributed by atoms with Crippen LogP contribution in [0.4, 0.5) is 0 Å². The molecule has 0 bridgehead atoms. The van der Waals surface area contributed by atoms with Crippen LogP contribution in [0.2, 0.25) is 0 Å². The second-order valence-corrected chi connectivity index (χ2v) is 3.56. The van der Waals surface area contributed by atoms with E-state index in [1.165, 1.54) is 0 Å². The van der Waals surface area contributed by atoms with Crippen molar-refractivity contribution in [3.05, 3.63) is 0 Å². The van der Waals surface area contributed by atoms with Gasteiger partial charge in [0.2, 0.25) is 0 Å². The van der Waals surface area contributed by atoms with Crippen LogP contribution in [0.5, 0.6) is 0 Å². The Morgan fingerprint density at radius 2 is 2.08 bits per heavy atom. The SMILES string of the molecule is CC(C)[C@H]1CN[C@@H](C(=O)O)CN1. The van der Waals surface area contributed by atoms with Crippen LogP contribution in [0.1, 0.15) is 13.8 Å². The first-order valence-electron chi connectivity index (χ1n) is 4.31. The van der Waals surface area contributed by atoms with Crippen molar-refractivity contribution < 1.29 is 9.90 Å². The number of hydrogen-bond acceptors (Lipinski definition) is 3. The summed E-state index contributed by atoms with van der Waals surface area (Å²) in [6.07, 6.45) is 0. The minimum Gasteiger partial charge on any atom is -0.480 e. The molecule has 1 fully saturated rings. The first kappa shape index (κ1) is 9.48. The summed E-state index contributed by atoms with van der Waals surface area (Å²) in [5.74, 6) is -0.225. The van der Waals surface area contributed by atoms with Gasteiger partial charge in [-0.05, 0) is 5.92 Å². The van der Waals surface area contributed by atoms with E-state index in [1.807, 2.05) is 0 Å².